The predicted octanol–water partition coefficient (Wildman–Crippen LogP) is 3.34. The lowest BCUT2D eigenvalue weighted by Gasteiger charge is -2.48. The van der Waals surface area contributed by atoms with E-state index in [4.69, 9.17) is 4.74 Å². The molecule has 5 rings (SSSR count). The topological polar surface area (TPSA) is 66.0 Å². The van der Waals surface area contributed by atoms with E-state index < -0.39 is 12.1 Å². The number of para-hydroxylation sites is 1. The molecule has 0 N–H and O–H groups in total. The number of nitrogens with zero attached hydrogens (tertiary/aromatic N) is 4. The lowest BCUT2D eigenvalue weighted by molar-refractivity contribution is -0.187. The molecule has 0 spiro atoms. The lowest BCUT2D eigenvalue weighted by atomic mass is 10.0. The van der Waals surface area contributed by atoms with Gasteiger partial charge in [-0.2, -0.15) is 13.2 Å². The van der Waals surface area contributed by atoms with Gasteiger partial charge in [-0.1, -0.05) is 30.3 Å². The second kappa shape index (κ2) is 9.77. The van der Waals surface area contributed by atoms with Gasteiger partial charge >= 0.3 is 12.1 Å². The Morgan fingerprint density at radius 1 is 0.889 bits per heavy atom. The van der Waals surface area contributed by atoms with Gasteiger partial charge in [-0.05, 0) is 29.8 Å². The maximum Gasteiger partial charge on any atom is 0.471 e. The minimum Gasteiger partial charge on any atom is -0.473 e. The fraction of sp³-hybridized carbons (Fsp3) is 0.346. The number of hydrogen-bond donors (Lipinski definition) is 0. The van der Waals surface area contributed by atoms with Crippen molar-refractivity contribution in [2.75, 3.05) is 39.3 Å². The highest BCUT2D eigenvalue weighted by atomic mass is 19.4. The maximum atomic E-state index is 12.8. The number of alkyl halides is 3. The predicted molar refractivity (Wildman–Crippen MR) is 126 cm³/mol. The molecule has 0 radical (unpaired) electrons. The fourth-order valence-corrected chi connectivity index (χ4v) is 4.53. The van der Waals surface area contributed by atoms with Crippen LogP contribution in [0.5, 0.6) is 5.88 Å². The zero-order chi connectivity index (χ0) is 25.3. The second-order valence-electron chi connectivity index (χ2n) is 9.02. The number of benzene rings is 2. The van der Waals surface area contributed by atoms with E-state index in [1.165, 1.54) is 0 Å². The molecule has 36 heavy (non-hydrogen) atoms. The Bertz CT molecular complexity index is 1250. The number of halogens is 3. The van der Waals surface area contributed by atoms with Crippen molar-refractivity contribution >= 4 is 22.7 Å². The van der Waals surface area contributed by atoms with Gasteiger partial charge in [0.05, 0.1) is 5.52 Å². The van der Waals surface area contributed by atoms with E-state index in [0.717, 1.165) is 21.4 Å². The van der Waals surface area contributed by atoms with Crippen molar-refractivity contribution in [3.63, 3.8) is 0 Å². The molecule has 0 unspecified atom stereocenters. The SMILES string of the molecule is O=C(c1ccc(COc2ccc3ccccc3n2)cc1)N1CC(N2CCN(C(=O)C(F)(F)F)CC2)C1. The number of aromatic nitrogens is 1. The molecular weight excluding hydrogens is 473 g/mol. The quantitative estimate of drug-likeness (QED) is 0.540. The number of carbonyl (C=O) groups is 2. The molecular formula is C26H25F3N4O3. The van der Waals surface area contributed by atoms with E-state index in [-0.39, 0.29) is 25.0 Å². The third-order valence-electron chi connectivity index (χ3n) is 6.67. The number of carbonyl (C=O) groups excluding carboxylic acids is 2. The number of fused-ring (bicyclic) bond motifs is 1. The second-order valence-corrected chi connectivity index (χ2v) is 9.02. The van der Waals surface area contributed by atoms with E-state index in [1.54, 1.807) is 17.0 Å². The molecule has 2 aliphatic heterocycles. The highest BCUT2D eigenvalue weighted by molar-refractivity contribution is 5.94. The van der Waals surface area contributed by atoms with Crippen LogP contribution in [-0.4, -0.2) is 83.0 Å². The van der Waals surface area contributed by atoms with Crippen LogP contribution >= 0.6 is 0 Å². The molecule has 0 aliphatic carbocycles. The minimum atomic E-state index is -4.84. The first-order chi connectivity index (χ1) is 17.3. The molecule has 0 saturated carbocycles. The van der Waals surface area contributed by atoms with Crippen molar-refractivity contribution in [2.24, 2.45) is 0 Å². The first-order valence-corrected chi connectivity index (χ1v) is 11.7. The lowest BCUT2D eigenvalue weighted by Crippen LogP contribution is -2.65. The van der Waals surface area contributed by atoms with Crippen LogP contribution in [0.2, 0.25) is 0 Å². The third-order valence-corrected chi connectivity index (χ3v) is 6.67. The summed E-state index contributed by atoms with van der Waals surface area (Å²) in [6.07, 6.45) is -4.84. The summed E-state index contributed by atoms with van der Waals surface area (Å²) in [5.41, 5.74) is 2.34. The summed E-state index contributed by atoms with van der Waals surface area (Å²) in [7, 11) is 0. The van der Waals surface area contributed by atoms with Gasteiger partial charge in [0.15, 0.2) is 0 Å². The highest BCUT2D eigenvalue weighted by Crippen LogP contribution is 2.23. The van der Waals surface area contributed by atoms with E-state index in [9.17, 15) is 22.8 Å². The largest absolute Gasteiger partial charge is 0.473 e. The van der Waals surface area contributed by atoms with Crippen LogP contribution < -0.4 is 4.74 Å². The first-order valence-electron chi connectivity index (χ1n) is 11.7. The van der Waals surface area contributed by atoms with Gasteiger partial charge in [-0.25, -0.2) is 4.98 Å². The Morgan fingerprint density at radius 2 is 1.58 bits per heavy atom. The molecule has 1 aromatic heterocycles. The molecule has 3 heterocycles. The number of amides is 2. The monoisotopic (exact) mass is 498 g/mol. The van der Waals surface area contributed by atoms with E-state index in [1.807, 2.05) is 53.4 Å². The number of rotatable bonds is 5. The van der Waals surface area contributed by atoms with Gasteiger partial charge in [0.1, 0.15) is 6.61 Å². The van der Waals surface area contributed by atoms with Crippen LogP contribution in [0.3, 0.4) is 0 Å². The summed E-state index contributed by atoms with van der Waals surface area (Å²) < 4.78 is 43.6. The van der Waals surface area contributed by atoms with E-state index in [2.05, 4.69) is 4.98 Å². The Morgan fingerprint density at radius 3 is 2.28 bits per heavy atom. The fourth-order valence-electron chi connectivity index (χ4n) is 4.53. The Kier molecular flexibility index (Phi) is 6.53. The average molecular weight is 499 g/mol. The van der Waals surface area contributed by atoms with Crippen molar-refractivity contribution in [1.29, 1.82) is 0 Å². The van der Waals surface area contributed by atoms with Crippen LogP contribution in [0, 0.1) is 0 Å². The van der Waals surface area contributed by atoms with Gasteiger partial charge in [-0.3, -0.25) is 14.5 Å². The van der Waals surface area contributed by atoms with Gasteiger partial charge < -0.3 is 14.5 Å². The summed E-state index contributed by atoms with van der Waals surface area (Å²) in [4.78, 5) is 33.3. The number of hydrogen-bond acceptors (Lipinski definition) is 5. The molecule has 2 fully saturated rings. The number of piperazine rings is 1. The molecule has 7 nitrogen and oxygen atoms in total. The first kappa shape index (κ1) is 24.1. The molecule has 3 aromatic rings. The molecule has 188 valence electrons. The Balaban J connectivity index is 1.08. The minimum absolute atomic E-state index is 0.0427. The molecule has 0 atom stereocenters. The molecule has 2 amide bonds. The molecule has 10 heteroatoms. The van der Waals surface area contributed by atoms with Crippen LogP contribution in [0.4, 0.5) is 13.2 Å². The van der Waals surface area contributed by atoms with Crippen molar-refractivity contribution in [3.05, 3.63) is 71.8 Å². The standard InChI is InChI=1S/C26H25F3N4O3/c27-26(28,29)25(35)32-13-11-31(12-14-32)21-15-33(16-21)24(34)20-7-5-18(6-8-20)17-36-23-10-9-19-3-1-2-4-22(19)30-23/h1-10,21H,11-17H2. The summed E-state index contributed by atoms with van der Waals surface area (Å²) in [5, 5.41) is 1.04. The normalized spacial score (nSPS) is 17.2. The van der Waals surface area contributed by atoms with Gasteiger partial charge in [-0.15, -0.1) is 0 Å². The summed E-state index contributed by atoms with van der Waals surface area (Å²) in [6, 6.07) is 18.9. The molecule has 2 aromatic carbocycles. The summed E-state index contributed by atoms with van der Waals surface area (Å²) >= 11 is 0. The Labute approximate surface area is 206 Å². The maximum absolute atomic E-state index is 12.8. The van der Waals surface area contributed by atoms with Crippen molar-refractivity contribution < 1.29 is 27.5 Å². The molecule has 2 saturated heterocycles. The number of likely N-dealkylation sites (tertiary alicyclic amines) is 1. The smallest absolute Gasteiger partial charge is 0.471 e. The number of pyridine rings is 1. The van der Waals surface area contributed by atoms with Crippen molar-refractivity contribution in [2.45, 2.75) is 18.8 Å². The average Bonchev–Trinajstić information content (AvgIpc) is 2.86. The highest BCUT2D eigenvalue weighted by Gasteiger charge is 2.44. The van der Waals surface area contributed by atoms with Crippen LogP contribution in [0.15, 0.2) is 60.7 Å². The zero-order valence-electron chi connectivity index (χ0n) is 19.4. The Hall–Kier alpha value is -3.66. The van der Waals surface area contributed by atoms with Crippen molar-refractivity contribution in [3.8, 4) is 5.88 Å². The van der Waals surface area contributed by atoms with Gasteiger partial charge in [0.2, 0.25) is 5.88 Å². The zero-order valence-corrected chi connectivity index (χ0v) is 19.4. The molecule has 0 bridgehead atoms. The molecule has 2 aliphatic rings. The summed E-state index contributed by atoms with van der Waals surface area (Å²) in [6.45, 7) is 2.19. The van der Waals surface area contributed by atoms with Gasteiger partial charge in [0.25, 0.3) is 5.91 Å². The van der Waals surface area contributed by atoms with Crippen LogP contribution in [0.1, 0.15) is 15.9 Å². The van der Waals surface area contributed by atoms with Crippen molar-refractivity contribution in [1.82, 2.24) is 19.7 Å². The number of ether oxygens (including phenoxy) is 1. The van der Waals surface area contributed by atoms with Gasteiger partial charge in [0, 0.05) is 62.3 Å². The third kappa shape index (κ3) is 5.13. The van der Waals surface area contributed by atoms with Crippen LogP contribution in [0.25, 0.3) is 10.9 Å². The van der Waals surface area contributed by atoms with E-state index >= 15 is 0 Å². The van der Waals surface area contributed by atoms with Crippen LogP contribution in [-0.2, 0) is 11.4 Å². The summed E-state index contributed by atoms with van der Waals surface area (Å²) in [5.74, 6) is -1.33. The van der Waals surface area contributed by atoms with E-state index in [0.29, 0.717) is 44.2 Å².